The Morgan fingerprint density at radius 1 is 0.619 bits per heavy atom. The normalized spacial score (nSPS) is 15.1. The first kappa shape index (κ1) is 30.0. The topological polar surface area (TPSA) is 52.0 Å². The van der Waals surface area contributed by atoms with Gasteiger partial charge in [-0.3, -0.25) is 0 Å². The van der Waals surface area contributed by atoms with Crippen LogP contribution in [0.3, 0.4) is 0 Å². The standard InChI is InChI=1S/C40H50N2/c1-4-5-6-7-8-31-21-23-40(24-22-31,36-15-13-34(29(2)25-36)27-32-9-17-38(41)18-10-32)37-16-14-35(30(3)26-37)28-33-11-19-39(42)20-12-33/h9-20,25-26,31H,4-8,21-24,27-28,41-42H2,1-3H3. The van der Waals surface area contributed by atoms with Crippen LogP contribution in [-0.2, 0) is 18.3 Å². The minimum absolute atomic E-state index is 0.0783. The van der Waals surface area contributed by atoms with Gasteiger partial charge in [0, 0.05) is 16.8 Å². The maximum atomic E-state index is 5.93. The molecule has 4 aromatic carbocycles. The summed E-state index contributed by atoms with van der Waals surface area (Å²) in [6, 6.07) is 31.3. The van der Waals surface area contributed by atoms with E-state index in [4.69, 9.17) is 11.5 Å². The molecule has 1 aliphatic rings. The summed E-state index contributed by atoms with van der Waals surface area (Å²) in [6.07, 6.45) is 13.9. The average Bonchev–Trinajstić information content (AvgIpc) is 3.00. The minimum Gasteiger partial charge on any atom is -0.399 e. The summed E-state index contributed by atoms with van der Waals surface area (Å²) in [5, 5.41) is 0. The van der Waals surface area contributed by atoms with Gasteiger partial charge in [0.1, 0.15) is 0 Å². The largest absolute Gasteiger partial charge is 0.399 e. The van der Waals surface area contributed by atoms with Gasteiger partial charge in [-0.2, -0.15) is 0 Å². The van der Waals surface area contributed by atoms with Crippen LogP contribution in [-0.4, -0.2) is 0 Å². The Labute approximate surface area is 254 Å². The van der Waals surface area contributed by atoms with Crippen LogP contribution in [0, 0.1) is 19.8 Å². The Bertz CT molecular complexity index is 1340. The number of nitrogen functional groups attached to an aromatic ring is 2. The fourth-order valence-corrected chi connectivity index (χ4v) is 7.16. The first-order valence-corrected chi connectivity index (χ1v) is 16.2. The van der Waals surface area contributed by atoms with Crippen LogP contribution in [0.1, 0.15) is 109 Å². The highest BCUT2D eigenvalue weighted by Gasteiger charge is 2.38. The van der Waals surface area contributed by atoms with E-state index in [0.29, 0.717) is 0 Å². The predicted octanol–water partition coefficient (Wildman–Crippen LogP) is 10.1. The number of unbranched alkanes of at least 4 members (excludes halogenated alkanes) is 3. The van der Waals surface area contributed by atoms with Crippen LogP contribution in [0.5, 0.6) is 0 Å². The smallest absolute Gasteiger partial charge is 0.0314 e. The lowest BCUT2D eigenvalue weighted by Crippen LogP contribution is -2.33. The molecule has 0 atom stereocenters. The van der Waals surface area contributed by atoms with E-state index in [-0.39, 0.29) is 5.41 Å². The lowest BCUT2D eigenvalue weighted by atomic mass is 9.62. The molecule has 4 N–H and O–H groups in total. The molecule has 0 unspecified atom stereocenters. The lowest BCUT2D eigenvalue weighted by molar-refractivity contribution is 0.250. The van der Waals surface area contributed by atoms with Crippen LogP contribution in [0.25, 0.3) is 0 Å². The zero-order chi connectivity index (χ0) is 29.5. The van der Waals surface area contributed by atoms with Crippen molar-refractivity contribution in [2.24, 2.45) is 5.92 Å². The summed E-state index contributed by atoms with van der Waals surface area (Å²) in [6.45, 7) is 6.90. The third-order valence-corrected chi connectivity index (χ3v) is 9.96. The van der Waals surface area contributed by atoms with Gasteiger partial charge < -0.3 is 11.5 Å². The second kappa shape index (κ2) is 13.6. The molecule has 0 spiro atoms. The van der Waals surface area contributed by atoms with Gasteiger partial charge in [-0.25, -0.2) is 0 Å². The number of hydrogen-bond donors (Lipinski definition) is 2. The van der Waals surface area contributed by atoms with Crippen molar-refractivity contribution in [2.75, 3.05) is 11.5 Å². The highest BCUT2D eigenvalue weighted by Crippen LogP contribution is 2.48. The summed E-state index contributed by atoms with van der Waals surface area (Å²) >= 11 is 0. The summed E-state index contributed by atoms with van der Waals surface area (Å²) in [7, 11) is 0. The minimum atomic E-state index is 0.0783. The van der Waals surface area contributed by atoms with Gasteiger partial charge in [0.25, 0.3) is 0 Å². The van der Waals surface area contributed by atoms with Gasteiger partial charge in [0.2, 0.25) is 0 Å². The van der Waals surface area contributed by atoms with Crippen molar-refractivity contribution in [2.45, 2.75) is 96.8 Å². The van der Waals surface area contributed by atoms with E-state index in [1.165, 1.54) is 102 Å². The van der Waals surface area contributed by atoms with Gasteiger partial charge in [-0.15, -0.1) is 0 Å². The molecule has 2 heteroatoms. The van der Waals surface area contributed by atoms with Gasteiger partial charge in [-0.1, -0.05) is 99.7 Å². The Kier molecular flexibility index (Phi) is 9.73. The van der Waals surface area contributed by atoms with E-state index in [1.54, 1.807) is 0 Å². The molecule has 42 heavy (non-hydrogen) atoms. The Balaban J connectivity index is 1.42. The van der Waals surface area contributed by atoms with Gasteiger partial charge in [-0.05, 0) is 127 Å². The van der Waals surface area contributed by atoms with Crippen molar-refractivity contribution in [3.63, 3.8) is 0 Å². The second-order valence-electron chi connectivity index (χ2n) is 13.0. The number of benzene rings is 4. The third-order valence-electron chi connectivity index (χ3n) is 9.96. The molecule has 0 amide bonds. The van der Waals surface area contributed by atoms with E-state index in [2.05, 4.69) is 81.4 Å². The van der Waals surface area contributed by atoms with E-state index >= 15 is 0 Å². The van der Waals surface area contributed by atoms with Crippen molar-refractivity contribution in [3.8, 4) is 0 Å². The van der Waals surface area contributed by atoms with Crippen LogP contribution in [0.15, 0.2) is 84.9 Å². The molecule has 5 rings (SSSR count). The van der Waals surface area contributed by atoms with Gasteiger partial charge in [0.15, 0.2) is 0 Å². The summed E-state index contributed by atoms with van der Waals surface area (Å²) < 4.78 is 0. The molecule has 1 aliphatic carbocycles. The molecule has 0 aliphatic heterocycles. The van der Waals surface area contributed by atoms with Gasteiger partial charge in [0.05, 0.1) is 0 Å². The van der Waals surface area contributed by atoms with E-state index in [9.17, 15) is 0 Å². The lowest BCUT2D eigenvalue weighted by Gasteiger charge is -2.42. The molecule has 0 heterocycles. The van der Waals surface area contributed by atoms with Crippen LogP contribution < -0.4 is 11.5 Å². The van der Waals surface area contributed by atoms with Crippen molar-refractivity contribution in [1.82, 2.24) is 0 Å². The van der Waals surface area contributed by atoms with E-state index < -0.39 is 0 Å². The maximum absolute atomic E-state index is 5.93. The molecular weight excluding hydrogens is 508 g/mol. The fourth-order valence-electron chi connectivity index (χ4n) is 7.16. The second-order valence-corrected chi connectivity index (χ2v) is 13.0. The molecular formula is C40H50N2. The number of hydrogen-bond acceptors (Lipinski definition) is 2. The van der Waals surface area contributed by atoms with Crippen LogP contribution >= 0.6 is 0 Å². The molecule has 0 bridgehead atoms. The van der Waals surface area contributed by atoms with Crippen LogP contribution in [0.2, 0.25) is 0 Å². The molecule has 4 aromatic rings. The van der Waals surface area contributed by atoms with Crippen molar-refractivity contribution in [3.05, 3.63) is 129 Å². The quantitative estimate of drug-likeness (QED) is 0.142. The first-order chi connectivity index (χ1) is 20.4. The Morgan fingerprint density at radius 3 is 1.52 bits per heavy atom. The van der Waals surface area contributed by atoms with Crippen molar-refractivity contribution in [1.29, 1.82) is 0 Å². The first-order valence-electron chi connectivity index (χ1n) is 16.2. The van der Waals surface area contributed by atoms with Gasteiger partial charge >= 0.3 is 0 Å². The zero-order valence-corrected chi connectivity index (χ0v) is 26.1. The summed E-state index contributed by atoms with van der Waals surface area (Å²) in [5.41, 5.74) is 24.8. The molecule has 2 nitrogen and oxygen atoms in total. The zero-order valence-electron chi connectivity index (χ0n) is 26.1. The van der Waals surface area contributed by atoms with Crippen LogP contribution in [0.4, 0.5) is 11.4 Å². The molecule has 0 saturated heterocycles. The Morgan fingerprint density at radius 2 is 1.10 bits per heavy atom. The summed E-state index contributed by atoms with van der Waals surface area (Å²) in [4.78, 5) is 0. The molecule has 220 valence electrons. The van der Waals surface area contributed by atoms with E-state index in [1.807, 2.05) is 24.3 Å². The predicted molar refractivity (Wildman–Crippen MR) is 181 cm³/mol. The average molecular weight is 559 g/mol. The highest BCUT2D eigenvalue weighted by atomic mass is 14.5. The van der Waals surface area contributed by atoms with Crippen molar-refractivity contribution < 1.29 is 0 Å². The maximum Gasteiger partial charge on any atom is 0.0314 e. The highest BCUT2D eigenvalue weighted by molar-refractivity contribution is 5.48. The molecule has 0 radical (unpaired) electrons. The van der Waals surface area contributed by atoms with E-state index in [0.717, 1.165) is 30.1 Å². The SMILES string of the molecule is CCCCCCC1CCC(c2ccc(Cc3ccc(N)cc3)c(C)c2)(c2ccc(Cc3ccc(N)cc3)c(C)c2)CC1. The molecule has 0 aromatic heterocycles. The summed E-state index contributed by atoms with van der Waals surface area (Å²) in [5.74, 6) is 0.867. The number of anilines is 2. The number of rotatable bonds is 11. The molecule has 1 saturated carbocycles. The number of nitrogens with two attached hydrogens (primary N) is 2. The fraction of sp³-hybridized carbons (Fsp3) is 0.400. The monoisotopic (exact) mass is 558 g/mol. The third kappa shape index (κ3) is 7.09. The van der Waals surface area contributed by atoms with Crippen molar-refractivity contribution >= 4 is 11.4 Å². The molecule has 1 fully saturated rings. The number of aryl methyl sites for hydroxylation is 2. The Hall–Kier alpha value is -3.52.